The van der Waals surface area contributed by atoms with E-state index in [-0.39, 0.29) is 6.54 Å². The molecule has 5 nitrogen and oxygen atoms in total. The maximum Gasteiger partial charge on any atom is 0.209 e. The van der Waals surface area contributed by atoms with Crippen LogP contribution < -0.4 is 10.1 Å². The van der Waals surface area contributed by atoms with E-state index < -0.39 is 5.67 Å². The summed E-state index contributed by atoms with van der Waals surface area (Å²) in [6.45, 7) is 2.27. The number of alkyl halides is 1. The Morgan fingerprint density at radius 3 is 2.88 bits per heavy atom. The van der Waals surface area contributed by atoms with E-state index in [4.69, 9.17) is 4.74 Å². The van der Waals surface area contributed by atoms with Crippen molar-refractivity contribution in [1.82, 2.24) is 15.2 Å². The van der Waals surface area contributed by atoms with Crippen molar-refractivity contribution >= 4 is 17.3 Å². The van der Waals surface area contributed by atoms with Crippen LogP contribution in [0.25, 0.3) is 10.9 Å². The summed E-state index contributed by atoms with van der Waals surface area (Å²) in [5.41, 5.74) is -0.399. The summed E-state index contributed by atoms with van der Waals surface area (Å²) >= 11 is 0. The number of fused-ring (bicyclic) bond motifs is 1. The Hall–Kier alpha value is -2.21. The first-order valence-corrected chi connectivity index (χ1v) is 8.26. The van der Waals surface area contributed by atoms with Gasteiger partial charge in [-0.2, -0.15) is 0 Å². The highest BCUT2D eigenvalue weighted by Gasteiger charge is 2.33. The van der Waals surface area contributed by atoms with E-state index in [0.717, 1.165) is 23.1 Å². The molecule has 1 aromatic carbocycles. The van der Waals surface area contributed by atoms with Crippen molar-refractivity contribution < 1.29 is 13.9 Å². The number of piperidine rings is 1. The first kappa shape index (κ1) is 16.6. The van der Waals surface area contributed by atoms with Crippen molar-refractivity contribution in [3.63, 3.8) is 0 Å². The lowest BCUT2D eigenvalue weighted by molar-refractivity contribution is -0.120. The highest BCUT2D eigenvalue weighted by Crippen LogP contribution is 2.25. The summed E-state index contributed by atoms with van der Waals surface area (Å²) in [7, 11) is 0. The minimum absolute atomic E-state index is 0.289. The predicted molar refractivity (Wildman–Crippen MR) is 90.8 cm³/mol. The molecule has 1 N–H and O–H groups in total. The first-order chi connectivity index (χ1) is 11.7. The summed E-state index contributed by atoms with van der Waals surface area (Å²) in [4.78, 5) is 16.6. The summed E-state index contributed by atoms with van der Waals surface area (Å²) in [5.74, 6) is 0.740. The Morgan fingerprint density at radius 2 is 2.08 bits per heavy atom. The van der Waals surface area contributed by atoms with Crippen LogP contribution in [0.4, 0.5) is 4.39 Å². The van der Waals surface area contributed by atoms with E-state index in [0.29, 0.717) is 39.1 Å². The Kier molecular flexibility index (Phi) is 5.25. The zero-order valence-electron chi connectivity index (χ0n) is 13.6. The molecule has 1 saturated heterocycles. The van der Waals surface area contributed by atoms with Crippen molar-refractivity contribution in [2.45, 2.75) is 18.5 Å². The average Bonchev–Trinajstić information content (AvgIpc) is 2.62. The summed E-state index contributed by atoms with van der Waals surface area (Å²) in [6, 6.07) is 9.70. The fourth-order valence-electron chi connectivity index (χ4n) is 2.95. The van der Waals surface area contributed by atoms with Crippen LogP contribution in [0.15, 0.2) is 36.5 Å². The molecule has 128 valence electrons. The fourth-order valence-corrected chi connectivity index (χ4v) is 2.95. The number of pyridine rings is 1. The maximum absolute atomic E-state index is 14.6. The zero-order chi connectivity index (χ0) is 16.8. The molecule has 0 radical (unpaired) electrons. The second-order valence-corrected chi connectivity index (χ2v) is 6.15. The fraction of sp³-hybridized carbons (Fsp3) is 0.444. The van der Waals surface area contributed by atoms with E-state index in [1.807, 2.05) is 30.3 Å². The molecular weight excluding hydrogens is 309 g/mol. The molecule has 1 aliphatic heterocycles. The number of aromatic nitrogens is 1. The monoisotopic (exact) mass is 331 g/mol. The van der Waals surface area contributed by atoms with Crippen molar-refractivity contribution in [2.75, 3.05) is 32.8 Å². The van der Waals surface area contributed by atoms with Crippen LogP contribution >= 0.6 is 0 Å². The Bertz CT molecular complexity index is 682. The summed E-state index contributed by atoms with van der Waals surface area (Å²) in [5, 5.41) is 4.15. The number of halogens is 1. The van der Waals surface area contributed by atoms with E-state index in [1.165, 1.54) is 0 Å². The molecule has 2 aromatic rings. The molecule has 2 heterocycles. The number of hydrogen-bond donors (Lipinski definition) is 1. The van der Waals surface area contributed by atoms with Crippen molar-refractivity contribution in [1.29, 1.82) is 0 Å². The van der Waals surface area contributed by atoms with Gasteiger partial charge >= 0.3 is 0 Å². The molecule has 24 heavy (non-hydrogen) atoms. The standard InChI is InChI=1S/C18H22FN3O2/c19-18(6-10-22(14-23)11-7-18)13-20-9-12-24-16-5-1-3-15-4-2-8-21-17(15)16/h1-5,8,14,20H,6-7,9-13H2. The largest absolute Gasteiger partial charge is 0.490 e. The number of hydrogen-bond acceptors (Lipinski definition) is 4. The van der Waals surface area contributed by atoms with Crippen LogP contribution in [0.5, 0.6) is 5.75 Å². The molecule has 0 unspecified atom stereocenters. The molecule has 0 bridgehead atoms. The predicted octanol–water partition coefficient (Wildman–Crippen LogP) is 2.16. The topological polar surface area (TPSA) is 54.5 Å². The van der Waals surface area contributed by atoms with Gasteiger partial charge in [0.15, 0.2) is 0 Å². The number of nitrogens with one attached hydrogen (secondary N) is 1. The van der Waals surface area contributed by atoms with Gasteiger partial charge in [0.2, 0.25) is 6.41 Å². The number of para-hydroxylation sites is 1. The third-order valence-electron chi connectivity index (χ3n) is 4.42. The van der Waals surface area contributed by atoms with Gasteiger partial charge < -0.3 is 15.0 Å². The molecule has 0 saturated carbocycles. The molecule has 1 fully saturated rings. The van der Waals surface area contributed by atoms with Gasteiger partial charge in [-0.25, -0.2) is 4.39 Å². The molecule has 0 aliphatic carbocycles. The van der Waals surface area contributed by atoms with Gasteiger partial charge in [-0.15, -0.1) is 0 Å². The van der Waals surface area contributed by atoms with E-state index in [1.54, 1.807) is 11.1 Å². The van der Waals surface area contributed by atoms with E-state index >= 15 is 0 Å². The van der Waals surface area contributed by atoms with Crippen molar-refractivity contribution in [2.24, 2.45) is 0 Å². The molecular formula is C18H22FN3O2. The number of benzene rings is 1. The quantitative estimate of drug-likeness (QED) is 0.624. The number of ether oxygens (including phenoxy) is 1. The number of carbonyl (C=O) groups is 1. The number of rotatable bonds is 7. The van der Waals surface area contributed by atoms with Crippen LogP contribution in [0.3, 0.4) is 0 Å². The highest BCUT2D eigenvalue weighted by molar-refractivity contribution is 5.84. The number of amides is 1. The SMILES string of the molecule is O=CN1CCC(F)(CNCCOc2cccc3cccnc23)CC1. The van der Waals surface area contributed by atoms with Gasteiger partial charge in [-0.1, -0.05) is 18.2 Å². The third-order valence-corrected chi connectivity index (χ3v) is 4.42. The minimum Gasteiger partial charge on any atom is -0.490 e. The maximum atomic E-state index is 14.6. The van der Waals surface area contributed by atoms with E-state index in [9.17, 15) is 9.18 Å². The van der Waals surface area contributed by atoms with Crippen molar-refractivity contribution in [3.05, 3.63) is 36.5 Å². The Labute approximate surface area is 140 Å². The molecule has 0 atom stereocenters. The van der Waals surface area contributed by atoms with Gasteiger partial charge in [0, 0.05) is 50.6 Å². The van der Waals surface area contributed by atoms with E-state index in [2.05, 4.69) is 10.3 Å². The average molecular weight is 331 g/mol. The molecule has 6 heteroatoms. The first-order valence-electron chi connectivity index (χ1n) is 8.26. The second-order valence-electron chi connectivity index (χ2n) is 6.15. The second kappa shape index (κ2) is 7.57. The van der Waals surface area contributed by atoms with Crippen LogP contribution in [0.1, 0.15) is 12.8 Å². The number of carbonyl (C=O) groups excluding carboxylic acids is 1. The van der Waals surface area contributed by atoms with Crippen molar-refractivity contribution in [3.8, 4) is 5.75 Å². The lowest BCUT2D eigenvalue weighted by Gasteiger charge is -2.34. The lowest BCUT2D eigenvalue weighted by Crippen LogP contribution is -2.47. The Morgan fingerprint density at radius 1 is 1.29 bits per heavy atom. The van der Waals surface area contributed by atoms with Crippen LogP contribution in [0.2, 0.25) is 0 Å². The van der Waals surface area contributed by atoms with Crippen LogP contribution in [-0.2, 0) is 4.79 Å². The summed E-state index contributed by atoms with van der Waals surface area (Å²) < 4.78 is 20.4. The smallest absolute Gasteiger partial charge is 0.209 e. The van der Waals surface area contributed by atoms with Crippen LogP contribution in [0, 0.1) is 0 Å². The highest BCUT2D eigenvalue weighted by atomic mass is 19.1. The minimum atomic E-state index is -1.24. The molecule has 1 aliphatic rings. The molecule has 3 rings (SSSR count). The normalized spacial score (nSPS) is 17.0. The van der Waals surface area contributed by atoms with Gasteiger partial charge in [0.25, 0.3) is 0 Å². The third kappa shape index (κ3) is 4.00. The van der Waals surface area contributed by atoms with Gasteiger partial charge in [0.05, 0.1) is 0 Å². The van der Waals surface area contributed by atoms with Crippen LogP contribution in [-0.4, -0.2) is 54.7 Å². The molecule has 1 amide bonds. The lowest BCUT2D eigenvalue weighted by atomic mass is 9.93. The number of nitrogens with zero attached hydrogens (tertiary/aromatic N) is 2. The number of likely N-dealkylation sites (tertiary alicyclic amines) is 1. The van der Waals surface area contributed by atoms with Gasteiger partial charge in [-0.05, 0) is 12.1 Å². The van der Waals surface area contributed by atoms with Gasteiger partial charge in [-0.3, -0.25) is 9.78 Å². The molecule has 1 aromatic heterocycles. The summed E-state index contributed by atoms with van der Waals surface area (Å²) in [6.07, 6.45) is 3.30. The Balaban J connectivity index is 1.43. The molecule has 0 spiro atoms. The zero-order valence-corrected chi connectivity index (χ0v) is 13.6. The van der Waals surface area contributed by atoms with Gasteiger partial charge in [0.1, 0.15) is 23.5 Å².